The summed E-state index contributed by atoms with van der Waals surface area (Å²) in [6.45, 7) is 8.64. The Hall–Kier alpha value is -1.05. The zero-order chi connectivity index (χ0) is 11.6. The first kappa shape index (κ1) is 12.0. The number of rotatable bonds is 3. The molecule has 2 heteroatoms. The molecular formula is C13H22N2. The van der Waals surface area contributed by atoms with Gasteiger partial charge in [-0.05, 0) is 37.8 Å². The van der Waals surface area contributed by atoms with E-state index < -0.39 is 0 Å². The highest BCUT2D eigenvalue weighted by Gasteiger charge is 2.14. The molecule has 0 spiro atoms. The minimum atomic E-state index is 1.02. The Morgan fingerprint density at radius 3 is 2.07 bits per heavy atom. The van der Waals surface area contributed by atoms with Crippen molar-refractivity contribution in [2.24, 2.45) is 0 Å². The minimum Gasteiger partial charge on any atom is -0.377 e. The third kappa shape index (κ3) is 2.14. The standard InChI is InChI=1S/C13H22N2/c1-7-11-12(8-2)14-10(4)9(3)13(11)15(5)6/h7-8H2,1-6H3. The molecule has 1 aromatic rings. The number of pyridine rings is 1. The van der Waals surface area contributed by atoms with Crippen molar-refractivity contribution >= 4 is 5.69 Å². The second-order valence-corrected chi connectivity index (χ2v) is 4.20. The topological polar surface area (TPSA) is 16.1 Å². The van der Waals surface area contributed by atoms with E-state index in [0.717, 1.165) is 18.5 Å². The summed E-state index contributed by atoms with van der Waals surface area (Å²) in [5.74, 6) is 0. The average molecular weight is 206 g/mol. The van der Waals surface area contributed by atoms with Crippen molar-refractivity contribution < 1.29 is 0 Å². The van der Waals surface area contributed by atoms with Gasteiger partial charge in [-0.3, -0.25) is 4.98 Å². The van der Waals surface area contributed by atoms with E-state index in [2.05, 4.69) is 51.7 Å². The molecule has 0 unspecified atom stereocenters. The summed E-state index contributed by atoms with van der Waals surface area (Å²) < 4.78 is 0. The van der Waals surface area contributed by atoms with Gasteiger partial charge >= 0.3 is 0 Å². The smallest absolute Gasteiger partial charge is 0.0459 e. The lowest BCUT2D eigenvalue weighted by atomic mass is 10.0. The molecule has 0 aliphatic carbocycles. The van der Waals surface area contributed by atoms with Gasteiger partial charge in [0.2, 0.25) is 0 Å². The van der Waals surface area contributed by atoms with Crippen LogP contribution in [0.5, 0.6) is 0 Å². The molecule has 1 heterocycles. The van der Waals surface area contributed by atoms with Crippen LogP contribution in [0, 0.1) is 13.8 Å². The first-order chi connectivity index (χ1) is 7.02. The van der Waals surface area contributed by atoms with Gasteiger partial charge in [-0.2, -0.15) is 0 Å². The maximum atomic E-state index is 4.68. The Morgan fingerprint density at radius 2 is 1.67 bits per heavy atom. The number of anilines is 1. The molecule has 0 radical (unpaired) electrons. The lowest BCUT2D eigenvalue weighted by Gasteiger charge is -2.23. The third-order valence-electron chi connectivity index (χ3n) is 2.97. The summed E-state index contributed by atoms with van der Waals surface area (Å²) in [5, 5.41) is 0. The minimum absolute atomic E-state index is 1.02. The summed E-state index contributed by atoms with van der Waals surface area (Å²) in [5.41, 5.74) is 6.50. The quantitative estimate of drug-likeness (QED) is 0.756. The summed E-state index contributed by atoms with van der Waals surface area (Å²) >= 11 is 0. The van der Waals surface area contributed by atoms with E-state index in [4.69, 9.17) is 0 Å². The van der Waals surface area contributed by atoms with Crippen LogP contribution in [0.2, 0.25) is 0 Å². The van der Waals surface area contributed by atoms with E-state index in [9.17, 15) is 0 Å². The van der Waals surface area contributed by atoms with Gasteiger partial charge in [-0.15, -0.1) is 0 Å². The monoisotopic (exact) mass is 206 g/mol. The largest absolute Gasteiger partial charge is 0.377 e. The second kappa shape index (κ2) is 4.65. The summed E-state index contributed by atoms with van der Waals surface area (Å²) in [7, 11) is 4.22. The Kier molecular flexibility index (Phi) is 3.72. The molecule has 84 valence electrons. The maximum absolute atomic E-state index is 4.68. The Labute approximate surface area is 93.3 Å². The van der Waals surface area contributed by atoms with Gasteiger partial charge in [-0.25, -0.2) is 0 Å². The molecule has 1 aromatic heterocycles. The third-order valence-corrected chi connectivity index (χ3v) is 2.97. The molecule has 0 aliphatic heterocycles. The molecule has 2 nitrogen and oxygen atoms in total. The number of aromatic nitrogens is 1. The molecule has 0 aliphatic rings. The van der Waals surface area contributed by atoms with Gasteiger partial charge in [0.25, 0.3) is 0 Å². The van der Waals surface area contributed by atoms with E-state index in [1.54, 1.807) is 0 Å². The van der Waals surface area contributed by atoms with Gasteiger partial charge in [-0.1, -0.05) is 13.8 Å². The first-order valence-electron chi connectivity index (χ1n) is 5.69. The molecule has 0 saturated carbocycles. The maximum Gasteiger partial charge on any atom is 0.0459 e. The van der Waals surface area contributed by atoms with Crippen LogP contribution in [0.1, 0.15) is 36.4 Å². The van der Waals surface area contributed by atoms with Gasteiger partial charge in [0.1, 0.15) is 0 Å². The van der Waals surface area contributed by atoms with Crippen molar-refractivity contribution in [3.05, 3.63) is 22.5 Å². The lowest BCUT2D eigenvalue weighted by molar-refractivity contribution is 0.915. The highest BCUT2D eigenvalue weighted by molar-refractivity contribution is 5.61. The van der Waals surface area contributed by atoms with Crippen molar-refractivity contribution in [2.75, 3.05) is 19.0 Å². The second-order valence-electron chi connectivity index (χ2n) is 4.20. The van der Waals surface area contributed by atoms with E-state index in [0.29, 0.717) is 0 Å². The van der Waals surface area contributed by atoms with E-state index in [1.807, 2.05) is 0 Å². The normalized spacial score (nSPS) is 10.5. The van der Waals surface area contributed by atoms with Gasteiger partial charge in [0.05, 0.1) is 0 Å². The van der Waals surface area contributed by atoms with Crippen molar-refractivity contribution in [2.45, 2.75) is 40.5 Å². The number of hydrogen-bond donors (Lipinski definition) is 0. The van der Waals surface area contributed by atoms with Gasteiger partial charge < -0.3 is 4.90 Å². The molecule has 0 amide bonds. The van der Waals surface area contributed by atoms with Crippen LogP contribution in [-0.2, 0) is 12.8 Å². The lowest BCUT2D eigenvalue weighted by Crippen LogP contribution is -2.16. The molecule has 0 aromatic carbocycles. The number of nitrogens with zero attached hydrogens (tertiary/aromatic N) is 2. The fraction of sp³-hybridized carbons (Fsp3) is 0.615. The van der Waals surface area contributed by atoms with Crippen LogP contribution in [0.3, 0.4) is 0 Å². The predicted octanol–water partition coefficient (Wildman–Crippen LogP) is 2.89. The van der Waals surface area contributed by atoms with Gasteiger partial charge in [0.15, 0.2) is 0 Å². The molecule has 0 fully saturated rings. The SMILES string of the molecule is CCc1nc(C)c(C)c(N(C)C)c1CC. The van der Waals surface area contributed by atoms with Crippen molar-refractivity contribution in [3.8, 4) is 0 Å². The Morgan fingerprint density at radius 1 is 1.07 bits per heavy atom. The average Bonchev–Trinajstić information content (AvgIpc) is 2.20. The molecule has 0 saturated heterocycles. The predicted molar refractivity (Wildman–Crippen MR) is 66.8 cm³/mol. The van der Waals surface area contributed by atoms with Crippen molar-refractivity contribution in [3.63, 3.8) is 0 Å². The molecule has 0 bridgehead atoms. The fourth-order valence-corrected chi connectivity index (χ4v) is 2.16. The summed E-state index contributed by atoms with van der Waals surface area (Å²) in [4.78, 5) is 6.89. The van der Waals surface area contributed by atoms with E-state index in [-0.39, 0.29) is 0 Å². The van der Waals surface area contributed by atoms with Crippen LogP contribution >= 0.6 is 0 Å². The first-order valence-corrected chi connectivity index (χ1v) is 5.69. The van der Waals surface area contributed by atoms with Gasteiger partial charge in [0, 0.05) is 31.2 Å². The molecule has 0 N–H and O–H groups in total. The Bertz CT molecular complexity index is 354. The van der Waals surface area contributed by atoms with Crippen LogP contribution in [0.15, 0.2) is 0 Å². The van der Waals surface area contributed by atoms with Crippen LogP contribution < -0.4 is 4.90 Å². The van der Waals surface area contributed by atoms with Crippen LogP contribution in [0.25, 0.3) is 0 Å². The summed E-state index contributed by atoms with van der Waals surface area (Å²) in [6.07, 6.45) is 2.08. The molecule has 0 atom stereocenters. The van der Waals surface area contributed by atoms with Crippen LogP contribution in [-0.4, -0.2) is 19.1 Å². The molecule has 15 heavy (non-hydrogen) atoms. The number of hydrogen-bond acceptors (Lipinski definition) is 2. The molecule has 1 rings (SSSR count). The van der Waals surface area contributed by atoms with Crippen LogP contribution in [0.4, 0.5) is 5.69 Å². The highest BCUT2D eigenvalue weighted by atomic mass is 15.1. The molecular weight excluding hydrogens is 184 g/mol. The zero-order valence-corrected chi connectivity index (χ0v) is 10.8. The zero-order valence-electron chi connectivity index (χ0n) is 10.8. The van der Waals surface area contributed by atoms with Crippen molar-refractivity contribution in [1.29, 1.82) is 0 Å². The van der Waals surface area contributed by atoms with E-state index in [1.165, 1.54) is 22.5 Å². The summed E-state index contributed by atoms with van der Waals surface area (Å²) in [6, 6.07) is 0. The number of aryl methyl sites for hydroxylation is 2. The Balaban J connectivity index is 3.49. The van der Waals surface area contributed by atoms with E-state index >= 15 is 0 Å². The highest BCUT2D eigenvalue weighted by Crippen LogP contribution is 2.28. The fourth-order valence-electron chi connectivity index (χ4n) is 2.16. The van der Waals surface area contributed by atoms with Crippen molar-refractivity contribution in [1.82, 2.24) is 4.98 Å².